The Hall–Kier alpha value is -0.830. The standard InChI is InChI=1S/C15H27N3/c1-4-16-15(13-9-7-6-8-10-13)14-11-12(3)17-18(14)5-2/h11,13,15-16H,4-10H2,1-3H3. The molecule has 1 atom stereocenters. The zero-order chi connectivity index (χ0) is 13.0. The molecule has 0 bridgehead atoms. The molecule has 1 aromatic heterocycles. The number of aromatic nitrogens is 2. The Balaban J connectivity index is 2.21. The average Bonchev–Trinajstić information content (AvgIpc) is 2.78. The minimum Gasteiger partial charge on any atom is -0.309 e. The Bertz CT molecular complexity index is 364. The first-order valence-corrected chi connectivity index (χ1v) is 7.54. The van der Waals surface area contributed by atoms with Gasteiger partial charge in [-0.3, -0.25) is 4.68 Å². The maximum absolute atomic E-state index is 4.60. The summed E-state index contributed by atoms with van der Waals surface area (Å²) in [6.07, 6.45) is 6.94. The lowest BCUT2D eigenvalue weighted by Gasteiger charge is -2.31. The molecule has 0 saturated heterocycles. The molecule has 102 valence electrons. The summed E-state index contributed by atoms with van der Waals surface area (Å²) >= 11 is 0. The number of nitrogens with one attached hydrogen (secondary N) is 1. The summed E-state index contributed by atoms with van der Waals surface area (Å²) in [5.74, 6) is 0.792. The topological polar surface area (TPSA) is 29.9 Å². The number of hydrogen-bond acceptors (Lipinski definition) is 2. The summed E-state index contributed by atoms with van der Waals surface area (Å²) in [5, 5.41) is 8.30. The van der Waals surface area contributed by atoms with Crippen molar-refractivity contribution in [3.63, 3.8) is 0 Å². The fourth-order valence-electron chi connectivity index (χ4n) is 3.27. The summed E-state index contributed by atoms with van der Waals surface area (Å²) in [5.41, 5.74) is 2.54. The Labute approximate surface area is 111 Å². The largest absolute Gasteiger partial charge is 0.309 e. The molecule has 1 aliphatic rings. The highest BCUT2D eigenvalue weighted by Gasteiger charge is 2.27. The van der Waals surface area contributed by atoms with Gasteiger partial charge in [0.15, 0.2) is 0 Å². The summed E-state index contributed by atoms with van der Waals surface area (Å²) in [6.45, 7) is 8.49. The van der Waals surface area contributed by atoms with Crippen molar-refractivity contribution in [1.82, 2.24) is 15.1 Å². The molecule has 0 radical (unpaired) electrons. The van der Waals surface area contributed by atoms with Crippen molar-refractivity contribution in [2.75, 3.05) is 6.54 Å². The van der Waals surface area contributed by atoms with Crippen molar-refractivity contribution < 1.29 is 0 Å². The lowest BCUT2D eigenvalue weighted by molar-refractivity contribution is 0.264. The van der Waals surface area contributed by atoms with Crippen LogP contribution in [0.2, 0.25) is 0 Å². The molecule has 18 heavy (non-hydrogen) atoms. The molecule has 0 aromatic carbocycles. The van der Waals surface area contributed by atoms with E-state index in [9.17, 15) is 0 Å². The van der Waals surface area contributed by atoms with Crippen molar-refractivity contribution >= 4 is 0 Å². The molecule has 2 rings (SSSR count). The molecule has 3 nitrogen and oxygen atoms in total. The smallest absolute Gasteiger partial charge is 0.0597 e. The first-order chi connectivity index (χ1) is 8.76. The first-order valence-electron chi connectivity index (χ1n) is 7.54. The van der Waals surface area contributed by atoms with Crippen LogP contribution in [0.25, 0.3) is 0 Å². The lowest BCUT2D eigenvalue weighted by Crippen LogP contribution is -2.31. The van der Waals surface area contributed by atoms with E-state index in [4.69, 9.17) is 0 Å². The van der Waals surface area contributed by atoms with E-state index in [0.29, 0.717) is 6.04 Å². The van der Waals surface area contributed by atoms with E-state index >= 15 is 0 Å². The molecule has 3 heteroatoms. The van der Waals surface area contributed by atoms with Crippen LogP contribution in [0.1, 0.15) is 63.4 Å². The first kappa shape index (κ1) is 13.6. The third-order valence-corrected chi connectivity index (χ3v) is 4.10. The third kappa shape index (κ3) is 2.94. The van der Waals surface area contributed by atoms with Crippen molar-refractivity contribution in [3.8, 4) is 0 Å². The Morgan fingerprint density at radius 1 is 1.33 bits per heavy atom. The molecule has 1 saturated carbocycles. The average molecular weight is 249 g/mol. The van der Waals surface area contributed by atoms with E-state index in [0.717, 1.165) is 24.7 Å². The fourth-order valence-corrected chi connectivity index (χ4v) is 3.27. The normalized spacial score (nSPS) is 19.1. The molecule has 1 N–H and O–H groups in total. The Morgan fingerprint density at radius 2 is 2.06 bits per heavy atom. The van der Waals surface area contributed by atoms with Gasteiger partial charge in [0.2, 0.25) is 0 Å². The molecule has 1 aliphatic carbocycles. The van der Waals surface area contributed by atoms with Crippen LogP contribution >= 0.6 is 0 Å². The molecule has 0 amide bonds. The zero-order valence-electron chi connectivity index (χ0n) is 12.1. The van der Waals surface area contributed by atoms with Gasteiger partial charge in [0.1, 0.15) is 0 Å². The Morgan fingerprint density at radius 3 is 2.67 bits per heavy atom. The quantitative estimate of drug-likeness (QED) is 0.866. The second-order valence-electron chi connectivity index (χ2n) is 5.46. The van der Waals surface area contributed by atoms with Crippen LogP contribution in [0.15, 0.2) is 6.07 Å². The SMILES string of the molecule is CCNC(c1cc(C)nn1CC)C1CCCCC1. The molecule has 1 aromatic rings. The highest BCUT2D eigenvalue weighted by atomic mass is 15.3. The summed E-state index contributed by atoms with van der Waals surface area (Å²) in [7, 11) is 0. The minimum atomic E-state index is 0.497. The van der Waals surface area contributed by atoms with Gasteiger partial charge < -0.3 is 5.32 Å². The van der Waals surface area contributed by atoms with Gasteiger partial charge in [-0.05, 0) is 45.2 Å². The van der Waals surface area contributed by atoms with E-state index in [2.05, 4.69) is 41.9 Å². The van der Waals surface area contributed by atoms with Crippen LogP contribution in [0, 0.1) is 12.8 Å². The van der Waals surface area contributed by atoms with Gasteiger partial charge in [-0.2, -0.15) is 5.10 Å². The second kappa shape index (κ2) is 6.37. The van der Waals surface area contributed by atoms with Crippen molar-refractivity contribution in [2.24, 2.45) is 5.92 Å². The van der Waals surface area contributed by atoms with Crippen molar-refractivity contribution in [3.05, 3.63) is 17.5 Å². The van der Waals surface area contributed by atoms with E-state index in [1.807, 2.05) is 0 Å². The highest BCUT2D eigenvalue weighted by molar-refractivity contribution is 5.14. The predicted molar refractivity (Wildman–Crippen MR) is 75.6 cm³/mol. The zero-order valence-corrected chi connectivity index (χ0v) is 12.1. The Kier molecular flexibility index (Phi) is 4.81. The minimum absolute atomic E-state index is 0.497. The van der Waals surface area contributed by atoms with Gasteiger partial charge in [-0.25, -0.2) is 0 Å². The van der Waals surface area contributed by atoms with Gasteiger partial charge in [0.05, 0.1) is 17.4 Å². The summed E-state index contributed by atoms with van der Waals surface area (Å²) in [6, 6.07) is 2.77. The predicted octanol–water partition coefficient (Wildman–Crippen LogP) is 3.44. The van der Waals surface area contributed by atoms with Crippen LogP contribution < -0.4 is 5.32 Å². The van der Waals surface area contributed by atoms with Crippen LogP contribution in [-0.2, 0) is 6.54 Å². The fraction of sp³-hybridized carbons (Fsp3) is 0.800. The maximum atomic E-state index is 4.60. The lowest BCUT2D eigenvalue weighted by atomic mass is 9.82. The number of aryl methyl sites for hydroxylation is 2. The second-order valence-corrected chi connectivity index (χ2v) is 5.46. The molecule has 1 heterocycles. The van der Waals surface area contributed by atoms with E-state index in [1.54, 1.807) is 0 Å². The molecule has 1 fully saturated rings. The van der Waals surface area contributed by atoms with Gasteiger partial charge >= 0.3 is 0 Å². The molecule has 0 aliphatic heterocycles. The molecular formula is C15H27N3. The molecular weight excluding hydrogens is 222 g/mol. The summed E-state index contributed by atoms with van der Waals surface area (Å²) < 4.78 is 2.18. The van der Waals surface area contributed by atoms with E-state index < -0.39 is 0 Å². The third-order valence-electron chi connectivity index (χ3n) is 4.10. The van der Waals surface area contributed by atoms with Gasteiger partial charge in [0.25, 0.3) is 0 Å². The summed E-state index contributed by atoms with van der Waals surface area (Å²) in [4.78, 5) is 0. The van der Waals surface area contributed by atoms with Crippen molar-refractivity contribution in [2.45, 2.75) is 65.5 Å². The van der Waals surface area contributed by atoms with Gasteiger partial charge in [-0.1, -0.05) is 26.2 Å². The van der Waals surface area contributed by atoms with E-state index in [1.165, 1.54) is 37.8 Å². The van der Waals surface area contributed by atoms with Crippen LogP contribution in [0.5, 0.6) is 0 Å². The van der Waals surface area contributed by atoms with Crippen LogP contribution in [0.3, 0.4) is 0 Å². The number of rotatable bonds is 5. The van der Waals surface area contributed by atoms with Gasteiger partial charge in [-0.15, -0.1) is 0 Å². The monoisotopic (exact) mass is 249 g/mol. The number of nitrogens with zero attached hydrogens (tertiary/aromatic N) is 2. The highest BCUT2D eigenvalue weighted by Crippen LogP contribution is 2.34. The van der Waals surface area contributed by atoms with Crippen molar-refractivity contribution in [1.29, 1.82) is 0 Å². The van der Waals surface area contributed by atoms with Crippen LogP contribution in [0.4, 0.5) is 0 Å². The molecule has 1 unspecified atom stereocenters. The maximum Gasteiger partial charge on any atom is 0.0597 e. The molecule has 0 spiro atoms. The van der Waals surface area contributed by atoms with Crippen LogP contribution in [-0.4, -0.2) is 16.3 Å². The number of hydrogen-bond donors (Lipinski definition) is 1. The van der Waals surface area contributed by atoms with E-state index in [-0.39, 0.29) is 0 Å². The van der Waals surface area contributed by atoms with Gasteiger partial charge in [0, 0.05) is 6.54 Å².